The van der Waals surface area contributed by atoms with E-state index in [9.17, 15) is 14.4 Å². The fourth-order valence-corrected chi connectivity index (χ4v) is 4.98. The van der Waals surface area contributed by atoms with Crippen molar-refractivity contribution < 1.29 is 14.4 Å². The van der Waals surface area contributed by atoms with Gasteiger partial charge in [0.15, 0.2) is 0 Å². The minimum Gasteiger partial charge on any atom is -0.325 e. The molecule has 6 nitrogen and oxygen atoms in total. The number of rotatable bonds is 1. The summed E-state index contributed by atoms with van der Waals surface area (Å²) in [6, 6.07) is 6.59. The second-order valence-corrected chi connectivity index (χ2v) is 7.95. The van der Waals surface area contributed by atoms with E-state index >= 15 is 0 Å². The van der Waals surface area contributed by atoms with E-state index in [0.29, 0.717) is 18.7 Å². The normalized spacial score (nSPS) is 30.9. The maximum atomic E-state index is 13.3. The van der Waals surface area contributed by atoms with Crippen molar-refractivity contribution in [3.63, 3.8) is 0 Å². The molecule has 138 valence electrons. The molecule has 0 bridgehead atoms. The van der Waals surface area contributed by atoms with E-state index in [-0.39, 0.29) is 17.7 Å². The molecule has 5 rings (SSSR count). The number of anilines is 1. The summed E-state index contributed by atoms with van der Waals surface area (Å²) in [6.07, 6.45) is 5.20. The fourth-order valence-electron chi connectivity index (χ4n) is 4.98. The highest BCUT2D eigenvalue weighted by atomic mass is 16.2. The standard InChI is InChI=1S/C21H21N3O3/c1-12(2)10-17-21(13-6-3-4-7-14(13)22-20(21)27)11-16-18(25)23-9-5-8-15(23)19(26)24(16)17/h3-4,6-7,10-11,15,17H,5,8-9H2,1-2H3,(H,22,27)/t15-,17+,21-/m0/s1. The molecule has 2 saturated heterocycles. The van der Waals surface area contributed by atoms with Crippen LogP contribution in [0.2, 0.25) is 0 Å². The quantitative estimate of drug-likeness (QED) is 0.776. The third-order valence-corrected chi connectivity index (χ3v) is 6.11. The predicted molar refractivity (Wildman–Crippen MR) is 99.6 cm³/mol. The second-order valence-electron chi connectivity index (χ2n) is 7.95. The van der Waals surface area contributed by atoms with Gasteiger partial charge in [-0.05, 0) is 44.4 Å². The van der Waals surface area contributed by atoms with E-state index in [4.69, 9.17) is 0 Å². The van der Waals surface area contributed by atoms with Gasteiger partial charge in [0, 0.05) is 12.2 Å². The number of hydrogen-bond donors (Lipinski definition) is 1. The third-order valence-electron chi connectivity index (χ3n) is 6.11. The Morgan fingerprint density at radius 3 is 2.78 bits per heavy atom. The molecule has 3 amide bonds. The Hall–Kier alpha value is -2.89. The highest BCUT2D eigenvalue weighted by molar-refractivity contribution is 6.14. The van der Waals surface area contributed by atoms with E-state index < -0.39 is 17.5 Å². The second kappa shape index (κ2) is 5.31. The van der Waals surface area contributed by atoms with Gasteiger partial charge in [0.25, 0.3) is 11.8 Å². The molecule has 2 fully saturated rings. The Morgan fingerprint density at radius 2 is 2.00 bits per heavy atom. The summed E-state index contributed by atoms with van der Waals surface area (Å²) in [6.45, 7) is 4.49. The lowest BCUT2D eigenvalue weighted by Gasteiger charge is -2.40. The third kappa shape index (κ3) is 1.93. The van der Waals surface area contributed by atoms with Gasteiger partial charge in [-0.25, -0.2) is 0 Å². The fraction of sp³-hybridized carbons (Fsp3) is 0.381. The summed E-state index contributed by atoms with van der Waals surface area (Å²) >= 11 is 0. The number of allylic oxidation sites excluding steroid dienone is 1. The van der Waals surface area contributed by atoms with Crippen molar-refractivity contribution in [2.24, 2.45) is 0 Å². The van der Waals surface area contributed by atoms with Crippen molar-refractivity contribution in [2.45, 2.75) is 44.2 Å². The number of carbonyl (C=O) groups excluding carboxylic acids is 3. The van der Waals surface area contributed by atoms with Crippen LogP contribution in [0.1, 0.15) is 32.3 Å². The summed E-state index contributed by atoms with van der Waals surface area (Å²) in [5.41, 5.74) is 1.84. The van der Waals surface area contributed by atoms with Gasteiger partial charge in [-0.15, -0.1) is 0 Å². The molecule has 3 atom stereocenters. The molecular weight excluding hydrogens is 342 g/mol. The Bertz CT molecular complexity index is 959. The molecule has 1 aromatic rings. The molecule has 27 heavy (non-hydrogen) atoms. The minimum atomic E-state index is -1.06. The zero-order valence-corrected chi connectivity index (χ0v) is 15.4. The first kappa shape index (κ1) is 16.3. The SMILES string of the molecule is CC(C)=C[C@H]1N2C(=O)[C@@H]3CCCN3C(=O)C2=C[C@@]12C(=O)Nc1ccccc12. The largest absolute Gasteiger partial charge is 0.325 e. The van der Waals surface area contributed by atoms with Crippen LogP contribution in [-0.2, 0) is 19.8 Å². The first-order chi connectivity index (χ1) is 12.9. The van der Waals surface area contributed by atoms with E-state index in [0.717, 1.165) is 23.2 Å². The molecule has 0 saturated carbocycles. The van der Waals surface area contributed by atoms with Crippen LogP contribution >= 0.6 is 0 Å². The van der Waals surface area contributed by atoms with Crippen LogP contribution in [0.15, 0.2) is 47.7 Å². The van der Waals surface area contributed by atoms with Gasteiger partial charge < -0.3 is 10.2 Å². The van der Waals surface area contributed by atoms with Gasteiger partial charge in [-0.3, -0.25) is 19.3 Å². The zero-order valence-electron chi connectivity index (χ0n) is 15.4. The van der Waals surface area contributed by atoms with Crippen molar-refractivity contribution >= 4 is 23.4 Å². The molecular formula is C21H21N3O3. The van der Waals surface area contributed by atoms with Crippen molar-refractivity contribution in [2.75, 3.05) is 11.9 Å². The molecule has 1 N–H and O–H groups in total. The van der Waals surface area contributed by atoms with E-state index in [1.165, 1.54) is 0 Å². The van der Waals surface area contributed by atoms with Crippen LogP contribution in [0.3, 0.4) is 0 Å². The summed E-state index contributed by atoms with van der Waals surface area (Å²) in [4.78, 5) is 42.9. The lowest BCUT2D eigenvalue weighted by atomic mass is 9.75. The Labute approximate surface area is 157 Å². The number of carbonyl (C=O) groups is 3. The summed E-state index contributed by atoms with van der Waals surface area (Å²) < 4.78 is 0. The Morgan fingerprint density at radius 1 is 1.22 bits per heavy atom. The van der Waals surface area contributed by atoms with Crippen molar-refractivity contribution in [1.29, 1.82) is 0 Å². The number of nitrogens with one attached hydrogen (secondary N) is 1. The topological polar surface area (TPSA) is 69.7 Å². The molecule has 0 aromatic heterocycles. The van der Waals surface area contributed by atoms with Crippen LogP contribution < -0.4 is 5.32 Å². The summed E-state index contributed by atoms with van der Waals surface area (Å²) in [5, 5.41) is 2.95. The Balaban J connectivity index is 1.76. The van der Waals surface area contributed by atoms with Crippen LogP contribution in [0, 0.1) is 0 Å². The molecule has 4 aliphatic rings. The first-order valence-corrected chi connectivity index (χ1v) is 9.38. The molecule has 4 heterocycles. The van der Waals surface area contributed by atoms with Crippen molar-refractivity contribution in [1.82, 2.24) is 9.80 Å². The van der Waals surface area contributed by atoms with Crippen molar-refractivity contribution in [3.8, 4) is 0 Å². The number of fused-ring (bicyclic) bond motifs is 4. The van der Waals surface area contributed by atoms with Crippen LogP contribution in [0.25, 0.3) is 0 Å². The first-order valence-electron chi connectivity index (χ1n) is 9.38. The van der Waals surface area contributed by atoms with Gasteiger partial charge in [-0.2, -0.15) is 0 Å². The number of amides is 3. The smallest absolute Gasteiger partial charge is 0.270 e. The average molecular weight is 363 g/mol. The molecule has 1 spiro atoms. The van der Waals surface area contributed by atoms with Crippen LogP contribution in [0.4, 0.5) is 5.69 Å². The lowest BCUT2D eigenvalue weighted by molar-refractivity contribution is -0.149. The van der Waals surface area contributed by atoms with Gasteiger partial charge in [0.2, 0.25) is 5.91 Å². The van der Waals surface area contributed by atoms with Gasteiger partial charge in [0.05, 0.1) is 6.04 Å². The van der Waals surface area contributed by atoms with Crippen LogP contribution in [-0.4, -0.2) is 46.1 Å². The van der Waals surface area contributed by atoms with E-state index in [1.54, 1.807) is 15.9 Å². The molecule has 0 aliphatic carbocycles. The number of hydrogen-bond acceptors (Lipinski definition) is 3. The molecule has 1 aromatic carbocycles. The molecule has 0 radical (unpaired) electrons. The lowest BCUT2D eigenvalue weighted by Crippen LogP contribution is -2.59. The maximum absolute atomic E-state index is 13.3. The van der Waals surface area contributed by atoms with Gasteiger partial charge in [0.1, 0.15) is 17.2 Å². The maximum Gasteiger partial charge on any atom is 0.270 e. The van der Waals surface area contributed by atoms with Gasteiger partial charge >= 0.3 is 0 Å². The zero-order chi connectivity index (χ0) is 18.9. The highest BCUT2D eigenvalue weighted by Gasteiger charge is 2.62. The average Bonchev–Trinajstić information content (AvgIpc) is 3.31. The summed E-state index contributed by atoms with van der Waals surface area (Å²) in [7, 11) is 0. The summed E-state index contributed by atoms with van der Waals surface area (Å²) in [5.74, 6) is -0.401. The molecule has 4 aliphatic heterocycles. The predicted octanol–water partition coefficient (Wildman–Crippen LogP) is 1.94. The molecule has 0 unspecified atom stereocenters. The minimum absolute atomic E-state index is 0.0742. The number of para-hydroxylation sites is 1. The number of piperazine rings is 1. The van der Waals surface area contributed by atoms with Crippen LogP contribution in [0.5, 0.6) is 0 Å². The Kier molecular flexibility index (Phi) is 3.21. The highest BCUT2D eigenvalue weighted by Crippen LogP contribution is 2.51. The monoisotopic (exact) mass is 363 g/mol. The number of benzene rings is 1. The molecule has 6 heteroatoms. The van der Waals surface area contributed by atoms with Gasteiger partial charge in [-0.1, -0.05) is 29.8 Å². The van der Waals surface area contributed by atoms with Crippen molar-refractivity contribution in [3.05, 3.63) is 53.3 Å². The van der Waals surface area contributed by atoms with E-state index in [2.05, 4.69) is 5.32 Å². The number of nitrogens with zero attached hydrogens (tertiary/aromatic N) is 2. The van der Waals surface area contributed by atoms with E-state index in [1.807, 2.05) is 44.2 Å².